The first kappa shape index (κ1) is 12.9. The Morgan fingerprint density at radius 1 is 1.43 bits per heavy atom. The highest BCUT2D eigenvalue weighted by Gasteiger charge is 2.15. The van der Waals surface area contributed by atoms with E-state index in [1.54, 1.807) is 6.92 Å². The van der Waals surface area contributed by atoms with Crippen molar-refractivity contribution in [3.63, 3.8) is 0 Å². The summed E-state index contributed by atoms with van der Waals surface area (Å²) in [7, 11) is 0. The predicted molar refractivity (Wildman–Crippen MR) is 56.1 cm³/mol. The third-order valence-corrected chi connectivity index (χ3v) is 1.79. The first-order valence-corrected chi connectivity index (χ1v) is 4.61. The van der Waals surface area contributed by atoms with E-state index in [4.69, 9.17) is 5.11 Å². The summed E-state index contributed by atoms with van der Waals surface area (Å²) in [6.07, 6.45) is 5.58. The molecule has 0 aromatic rings. The molecular formula is C11H18O3. The van der Waals surface area contributed by atoms with Gasteiger partial charge in [0, 0.05) is 6.08 Å². The van der Waals surface area contributed by atoms with Crippen LogP contribution < -0.4 is 0 Å². The van der Waals surface area contributed by atoms with Crippen LogP contribution in [0.2, 0.25) is 0 Å². The topological polar surface area (TPSA) is 57.5 Å². The summed E-state index contributed by atoms with van der Waals surface area (Å²) in [5, 5.41) is 18.1. The van der Waals surface area contributed by atoms with E-state index < -0.39 is 11.6 Å². The molecule has 0 aliphatic rings. The number of allylic oxidation sites excluding steroid dienone is 2. The van der Waals surface area contributed by atoms with Crippen LogP contribution in [0.1, 0.15) is 33.6 Å². The second kappa shape index (κ2) is 5.60. The Morgan fingerprint density at radius 3 is 2.43 bits per heavy atom. The summed E-state index contributed by atoms with van der Waals surface area (Å²) >= 11 is 0. The first-order chi connectivity index (χ1) is 6.33. The van der Waals surface area contributed by atoms with Crippen molar-refractivity contribution in [3.8, 4) is 0 Å². The van der Waals surface area contributed by atoms with E-state index in [2.05, 4.69) is 0 Å². The fourth-order valence-corrected chi connectivity index (χ4v) is 0.987. The molecule has 0 heterocycles. The number of carboxylic acids is 1. The zero-order valence-electron chi connectivity index (χ0n) is 8.95. The van der Waals surface area contributed by atoms with Crippen molar-refractivity contribution in [2.24, 2.45) is 0 Å². The van der Waals surface area contributed by atoms with Crippen LogP contribution in [0.25, 0.3) is 0 Å². The fraction of sp³-hybridized carbons (Fsp3) is 0.545. The second-order valence-electron chi connectivity index (χ2n) is 3.85. The van der Waals surface area contributed by atoms with Crippen molar-refractivity contribution in [3.05, 3.63) is 23.8 Å². The van der Waals surface area contributed by atoms with Gasteiger partial charge in [0.25, 0.3) is 0 Å². The Kier molecular flexibility index (Phi) is 5.16. The van der Waals surface area contributed by atoms with E-state index in [1.807, 2.05) is 19.9 Å². The van der Waals surface area contributed by atoms with Crippen molar-refractivity contribution >= 4 is 5.97 Å². The van der Waals surface area contributed by atoms with Gasteiger partial charge in [-0.15, -0.1) is 0 Å². The zero-order chi connectivity index (χ0) is 11.2. The summed E-state index contributed by atoms with van der Waals surface area (Å²) in [6, 6.07) is 0. The monoisotopic (exact) mass is 198 g/mol. The quantitative estimate of drug-likeness (QED) is 0.525. The van der Waals surface area contributed by atoms with Crippen LogP contribution in [0.5, 0.6) is 0 Å². The average molecular weight is 198 g/mol. The molecule has 3 nitrogen and oxygen atoms in total. The van der Waals surface area contributed by atoms with E-state index >= 15 is 0 Å². The maximum absolute atomic E-state index is 10.2. The normalized spacial score (nSPS) is 15.1. The maximum Gasteiger partial charge on any atom is 0.328 e. The lowest BCUT2D eigenvalue weighted by Gasteiger charge is -2.17. The Morgan fingerprint density at radius 2 is 2.00 bits per heavy atom. The Labute approximate surface area is 84.8 Å². The van der Waals surface area contributed by atoms with Gasteiger partial charge in [0.1, 0.15) is 0 Å². The van der Waals surface area contributed by atoms with Gasteiger partial charge in [-0.05, 0) is 39.7 Å². The summed E-state index contributed by atoms with van der Waals surface area (Å²) in [6.45, 7) is 5.58. The van der Waals surface area contributed by atoms with Gasteiger partial charge in [-0.25, -0.2) is 4.79 Å². The lowest BCUT2D eigenvalue weighted by atomic mass is 9.99. The van der Waals surface area contributed by atoms with E-state index in [9.17, 15) is 9.90 Å². The molecular weight excluding hydrogens is 180 g/mol. The number of carboxylic acid groups (broad SMARTS) is 1. The minimum absolute atomic E-state index is 0.530. The smallest absolute Gasteiger partial charge is 0.328 e. The molecule has 0 aromatic heterocycles. The third-order valence-electron chi connectivity index (χ3n) is 1.79. The molecule has 0 bridgehead atoms. The van der Waals surface area contributed by atoms with Gasteiger partial charge in [-0.1, -0.05) is 11.6 Å². The van der Waals surface area contributed by atoms with Gasteiger partial charge >= 0.3 is 5.97 Å². The molecule has 0 fully saturated rings. The SMILES string of the molecule is CC(C)=CCCC(C)(O)C=CC(=O)O. The standard InChI is InChI=1S/C11H18O3/c1-9(2)5-4-7-11(3,14)8-6-10(12)13/h5-6,8,14H,4,7H2,1-3H3,(H,12,13). The average Bonchev–Trinajstić information content (AvgIpc) is 2.00. The second-order valence-corrected chi connectivity index (χ2v) is 3.85. The largest absolute Gasteiger partial charge is 0.478 e. The Bertz CT molecular complexity index is 245. The molecule has 0 amide bonds. The number of hydrogen-bond acceptors (Lipinski definition) is 2. The number of aliphatic hydroxyl groups is 1. The molecule has 3 heteroatoms. The summed E-state index contributed by atoms with van der Waals surface area (Å²) in [4.78, 5) is 10.2. The van der Waals surface area contributed by atoms with E-state index in [0.29, 0.717) is 6.42 Å². The highest BCUT2D eigenvalue weighted by Crippen LogP contribution is 2.14. The Balaban J connectivity index is 4.07. The van der Waals surface area contributed by atoms with Crippen LogP contribution in [-0.4, -0.2) is 21.8 Å². The lowest BCUT2D eigenvalue weighted by molar-refractivity contribution is -0.131. The molecule has 0 spiro atoms. The number of carbonyl (C=O) groups is 1. The van der Waals surface area contributed by atoms with Crippen LogP contribution in [0, 0.1) is 0 Å². The minimum atomic E-state index is -1.04. The van der Waals surface area contributed by atoms with Gasteiger partial charge in [-0.2, -0.15) is 0 Å². The highest BCUT2D eigenvalue weighted by molar-refractivity contribution is 5.79. The fourth-order valence-electron chi connectivity index (χ4n) is 0.987. The molecule has 1 unspecified atom stereocenters. The van der Waals surface area contributed by atoms with Gasteiger partial charge in [0.05, 0.1) is 5.60 Å². The van der Waals surface area contributed by atoms with Gasteiger partial charge in [0.15, 0.2) is 0 Å². The number of aliphatic carboxylic acids is 1. The summed E-state index contributed by atoms with van der Waals surface area (Å²) < 4.78 is 0. The van der Waals surface area contributed by atoms with Gasteiger partial charge in [-0.3, -0.25) is 0 Å². The van der Waals surface area contributed by atoms with E-state index in [-0.39, 0.29) is 0 Å². The summed E-state index contributed by atoms with van der Waals surface area (Å²) in [5.74, 6) is -1.03. The van der Waals surface area contributed by atoms with Crippen molar-refractivity contribution in [1.82, 2.24) is 0 Å². The van der Waals surface area contributed by atoms with Crippen molar-refractivity contribution in [1.29, 1.82) is 0 Å². The third kappa shape index (κ3) is 7.55. The molecule has 1 atom stereocenters. The molecule has 0 aromatic carbocycles. The first-order valence-electron chi connectivity index (χ1n) is 4.61. The zero-order valence-corrected chi connectivity index (χ0v) is 8.95. The highest BCUT2D eigenvalue weighted by atomic mass is 16.4. The predicted octanol–water partition coefficient (Wildman–Crippen LogP) is 2.12. The molecule has 0 aliphatic carbocycles. The number of rotatable bonds is 5. The van der Waals surface area contributed by atoms with Crippen LogP contribution >= 0.6 is 0 Å². The molecule has 0 saturated heterocycles. The van der Waals surface area contributed by atoms with Crippen molar-refractivity contribution < 1.29 is 15.0 Å². The van der Waals surface area contributed by atoms with Crippen LogP contribution in [0.15, 0.2) is 23.8 Å². The Hall–Kier alpha value is -1.09. The van der Waals surface area contributed by atoms with Crippen LogP contribution in [-0.2, 0) is 4.79 Å². The molecule has 0 aliphatic heterocycles. The van der Waals surface area contributed by atoms with Crippen molar-refractivity contribution in [2.75, 3.05) is 0 Å². The molecule has 0 saturated carbocycles. The van der Waals surface area contributed by atoms with Crippen LogP contribution in [0.3, 0.4) is 0 Å². The van der Waals surface area contributed by atoms with E-state index in [0.717, 1.165) is 12.5 Å². The lowest BCUT2D eigenvalue weighted by Crippen LogP contribution is -2.20. The van der Waals surface area contributed by atoms with Crippen LogP contribution in [0.4, 0.5) is 0 Å². The van der Waals surface area contributed by atoms with Gasteiger partial charge < -0.3 is 10.2 Å². The molecule has 14 heavy (non-hydrogen) atoms. The molecule has 2 N–H and O–H groups in total. The molecule has 0 radical (unpaired) electrons. The van der Waals surface area contributed by atoms with E-state index in [1.165, 1.54) is 11.6 Å². The number of hydrogen-bond donors (Lipinski definition) is 2. The minimum Gasteiger partial charge on any atom is -0.478 e. The maximum atomic E-state index is 10.2. The molecule has 0 rings (SSSR count). The van der Waals surface area contributed by atoms with Crippen molar-refractivity contribution in [2.45, 2.75) is 39.2 Å². The molecule has 80 valence electrons. The summed E-state index contributed by atoms with van der Waals surface area (Å²) in [5.41, 5.74) is 0.160. The van der Waals surface area contributed by atoms with Gasteiger partial charge in [0.2, 0.25) is 0 Å².